The predicted octanol–water partition coefficient (Wildman–Crippen LogP) is 3.78. The van der Waals surface area contributed by atoms with Crippen molar-refractivity contribution in [2.45, 2.75) is 0 Å². The van der Waals surface area contributed by atoms with Gasteiger partial charge in [0.05, 0.1) is 0 Å². The van der Waals surface area contributed by atoms with Crippen LogP contribution in [0.2, 0.25) is 5.02 Å². The third-order valence-corrected chi connectivity index (χ3v) is 4.74. The zero-order valence-electron chi connectivity index (χ0n) is 13.2. The summed E-state index contributed by atoms with van der Waals surface area (Å²) in [5.41, 5.74) is 2.77. The Labute approximate surface area is 145 Å². The fourth-order valence-electron chi connectivity index (χ4n) is 3.20. The molecule has 1 aromatic heterocycles. The second-order valence-electron chi connectivity index (χ2n) is 6.03. The van der Waals surface area contributed by atoms with Crippen LogP contribution in [0.5, 0.6) is 0 Å². The van der Waals surface area contributed by atoms with E-state index in [9.17, 15) is 4.79 Å². The highest BCUT2D eigenvalue weighted by molar-refractivity contribution is 6.31. The molecule has 1 saturated heterocycles. The number of carbonyl (C=O) groups is 1. The second-order valence-corrected chi connectivity index (χ2v) is 6.47. The van der Waals surface area contributed by atoms with Crippen LogP contribution in [0.3, 0.4) is 0 Å². The first-order valence-corrected chi connectivity index (χ1v) is 8.46. The van der Waals surface area contributed by atoms with E-state index in [1.807, 2.05) is 47.4 Å². The molecule has 1 aliphatic heterocycles. The zero-order chi connectivity index (χ0) is 16.5. The second kappa shape index (κ2) is 6.21. The van der Waals surface area contributed by atoms with Crippen molar-refractivity contribution in [3.8, 4) is 0 Å². The van der Waals surface area contributed by atoms with Gasteiger partial charge >= 0.3 is 0 Å². The summed E-state index contributed by atoms with van der Waals surface area (Å²) in [4.78, 5) is 20.2. The van der Waals surface area contributed by atoms with Gasteiger partial charge in [0.25, 0.3) is 5.91 Å². The minimum atomic E-state index is 0.0510. The maximum absolute atomic E-state index is 12.7. The van der Waals surface area contributed by atoms with E-state index in [0.717, 1.165) is 37.1 Å². The lowest BCUT2D eigenvalue weighted by Crippen LogP contribution is -2.48. The molecule has 1 N–H and O–H groups in total. The van der Waals surface area contributed by atoms with E-state index in [-0.39, 0.29) is 5.91 Å². The number of hydrogen-bond acceptors (Lipinski definition) is 2. The minimum absolute atomic E-state index is 0.0510. The Balaban J connectivity index is 1.47. The quantitative estimate of drug-likeness (QED) is 0.771. The normalized spacial score (nSPS) is 15.0. The molecule has 0 radical (unpaired) electrons. The van der Waals surface area contributed by atoms with Gasteiger partial charge in [0.15, 0.2) is 0 Å². The van der Waals surface area contributed by atoms with Gasteiger partial charge in [-0.2, -0.15) is 0 Å². The number of carbonyl (C=O) groups excluding carboxylic acids is 1. The lowest BCUT2D eigenvalue weighted by atomic mass is 10.2. The van der Waals surface area contributed by atoms with Gasteiger partial charge in [0.2, 0.25) is 0 Å². The van der Waals surface area contributed by atoms with Crippen LogP contribution >= 0.6 is 11.6 Å². The van der Waals surface area contributed by atoms with Crippen molar-refractivity contribution < 1.29 is 4.79 Å². The van der Waals surface area contributed by atoms with Gasteiger partial charge in [0.1, 0.15) is 5.69 Å². The van der Waals surface area contributed by atoms with Crippen molar-refractivity contribution in [2.75, 3.05) is 31.1 Å². The Hall–Kier alpha value is -2.46. The van der Waals surface area contributed by atoms with Gasteiger partial charge < -0.3 is 14.8 Å². The molecule has 0 spiro atoms. The molecule has 0 unspecified atom stereocenters. The van der Waals surface area contributed by atoms with Crippen LogP contribution in [0.25, 0.3) is 10.9 Å². The summed E-state index contributed by atoms with van der Waals surface area (Å²) in [6, 6.07) is 17.8. The number of nitrogens with one attached hydrogen (secondary N) is 1. The molecule has 2 aromatic carbocycles. The Bertz CT molecular complexity index is 867. The summed E-state index contributed by atoms with van der Waals surface area (Å²) >= 11 is 6.02. The molecule has 0 saturated carbocycles. The van der Waals surface area contributed by atoms with Crippen LogP contribution in [-0.2, 0) is 0 Å². The average Bonchev–Trinajstić information content (AvgIpc) is 3.05. The van der Waals surface area contributed by atoms with Crippen LogP contribution < -0.4 is 4.90 Å². The van der Waals surface area contributed by atoms with Crippen molar-refractivity contribution >= 4 is 34.1 Å². The van der Waals surface area contributed by atoms with E-state index < -0.39 is 0 Å². The number of anilines is 1. The van der Waals surface area contributed by atoms with E-state index >= 15 is 0 Å². The molecular formula is C19H18ClN3O. The highest BCUT2D eigenvalue weighted by Crippen LogP contribution is 2.22. The van der Waals surface area contributed by atoms with Gasteiger partial charge in [-0.05, 0) is 36.4 Å². The number of benzene rings is 2. The summed E-state index contributed by atoms with van der Waals surface area (Å²) in [5, 5.41) is 1.64. The van der Waals surface area contributed by atoms with E-state index in [0.29, 0.717) is 10.7 Å². The molecule has 1 fully saturated rings. The Morgan fingerprint density at radius 2 is 1.71 bits per heavy atom. The number of halogens is 1. The summed E-state index contributed by atoms with van der Waals surface area (Å²) < 4.78 is 0. The Morgan fingerprint density at radius 1 is 0.958 bits per heavy atom. The van der Waals surface area contributed by atoms with Crippen molar-refractivity contribution in [3.05, 3.63) is 65.3 Å². The first kappa shape index (κ1) is 15.1. The van der Waals surface area contributed by atoms with Crippen LogP contribution in [0.4, 0.5) is 5.69 Å². The first-order chi connectivity index (χ1) is 11.7. The van der Waals surface area contributed by atoms with E-state index in [1.54, 1.807) is 0 Å². The number of para-hydroxylation sites is 1. The number of H-pyrrole nitrogens is 1. The van der Waals surface area contributed by atoms with E-state index in [2.05, 4.69) is 22.0 Å². The SMILES string of the molecule is O=C(c1cc2cc(Cl)ccc2[nH]1)N1CCN(c2ccccc2)CC1. The zero-order valence-corrected chi connectivity index (χ0v) is 14.0. The fourth-order valence-corrected chi connectivity index (χ4v) is 3.38. The maximum Gasteiger partial charge on any atom is 0.270 e. The average molecular weight is 340 g/mol. The summed E-state index contributed by atoms with van der Waals surface area (Å²) in [7, 11) is 0. The Morgan fingerprint density at radius 3 is 2.46 bits per heavy atom. The van der Waals surface area contributed by atoms with Crippen LogP contribution in [0.15, 0.2) is 54.6 Å². The third-order valence-electron chi connectivity index (χ3n) is 4.50. The smallest absolute Gasteiger partial charge is 0.270 e. The number of rotatable bonds is 2. The van der Waals surface area contributed by atoms with Gasteiger partial charge in [-0.3, -0.25) is 4.79 Å². The van der Waals surface area contributed by atoms with Crippen molar-refractivity contribution in [1.29, 1.82) is 0 Å². The van der Waals surface area contributed by atoms with E-state index in [1.165, 1.54) is 5.69 Å². The molecule has 4 rings (SSSR count). The highest BCUT2D eigenvalue weighted by atomic mass is 35.5. The molecule has 5 heteroatoms. The van der Waals surface area contributed by atoms with Crippen LogP contribution in [0.1, 0.15) is 10.5 Å². The lowest BCUT2D eigenvalue weighted by Gasteiger charge is -2.36. The summed E-state index contributed by atoms with van der Waals surface area (Å²) in [5.74, 6) is 0.0510. The predicted molar refractivity (Wildman–Crippen MR) is 97.9 cm³/mol. The van der Waals surface area contributed by atoms with E-state index in [4.69, 9.17) is 11.6 Å². The molecule has 4 nitrogen and oxygen atoms in total. The lowest BCUT2D eigenvalue weighted by molar-refractivity contribution is 0.0742. The van der Waals surface area contributed by atoms with Crippen LogP contribution in [-0.4, -0.2) is 42.0 Å². The maximum atomic E-state index is 12.7. The highest BCUT2D eigenvalue weighted by Gasteiger charge is 2.23. The number of hydrogen-bond donors (Lipinski definition) is 1. The molecular weight excluding hydrogens is 322 g/mol. The number of piperazine rings is 1. The molecule has 1 aliphatic rings. The standard InChI is InChI=1S/C19H18ClN3O/c20-15-6-7-17-14(12-15)13-18(21-17)19(24)23-10-8-22(9-11-23)16-4-2-1-3-5-16/h1-7,12-13,21H,8-11H2. The largest absolute Gasteiger partial charge is 0.368 e. The molecule has 0 atom stereocenters. The third kappa shape index (κ3) is 2.85. The van der Waals surface area contributed by atoms with Gasteiger partial charge in [-0.25, -0.2) is 0 Å². The van der Waals surface area contributed by atoms with Crippen molar-refractivity contribution in [2.24, 2.45) is 0 Å². The number of aromatic amines is 1. The summed E-state index contributed by atoms with van der Waals surface area (Å²) in [6.07, 6.45) is 0. The molecule has 0 aliphatic carbocycles. The topological polar surface area (TPSA) is 39.3 Å². The Kier molecular flexibility index (Phi) is 3.90. The number of aromatic nitrogens is 1. The molecule has 0 bridgehead atoms. The first-order valence-electron chi connectivity index (χ1n) is 8.08. The number of fused-ring (bicyclic) bond motifs is 1. The molecule has 2 heterocycles. The number of nitrogens with zero attached hydrogens (tertiary/aromatic N) is 2. The minimum Gasteiger partial charge on any atom is -0.368 e. The van der Waals surface area contributed by atoms with Crippen LogP contribution in [0, 0.1) is 0 Å². The van der Waals surface area contributed by atoms with Gasteiger partial charge in [-0.1, -0.05) is 29.8 Å². The fraction of sp³-hybridized carbons (Fsp3) is 0.211. The number of amides is 1. The van der Waals surface area contributed by atoms with Crippen molar-refractivity contribution in [3.63, 3.8) is 0 Å². The molecule has 24 heavy (non-hydrogen) atoms. The van der Waals surface area contributed by atoms with Gasteiger partial charge in [-0.15, -0.1) is 0 Å². The monoisotopic (exact) mass is 339 g/mol. The molecule has 1 amide bonds. The summed E-state index contributed by atoms with van der Waals surface area (Å²) in [6.45, 7) is 3.15. The van der Waals surface area contributed by atoms with Gasteiger partial charge in [0, 0.05) is 47.8 Å². The molecule has 122 valence electrons. The van der Waals surface area contributed by atoms with Crippen molar-refractivity contribution in [1.82, 2.24) is 9.88 Å². The molecule has 3 aromatic rings.